The predicted molar refractivity (Wildman–Crippen MR) is 89.1 cm³/mol. The van der Waals surface area contributed by atoms with Crippen LogP contribution in [0.1, 0.15) is 30.6 Å². The molecule has 1 heterocycles. The number of nitrogens with zero attached hydrogens (tertiary/aromatic N) is 1. The van der Waals surface area contributed by atoms with E-state index in [0.29, 0.717) is 42.3 Å². The van der Waals surface area contributed by atoms with Crippen LogP contribution in [-0.2, 0) is 0 Å². The summed E-state index contributed by atoms with van der Waals surface area (Å²) in [5.41, 5.74) is 0.704. The Bertz CT molecular complexity index is 633. The van der Waals surface area contributed by atoms with Crippen molar-refractivity contribution in [3.05, 3.63) is 35.6 Å². The van der Waals surface area contributed by atoms with E-state index in [1.54, 1.807) is 6.07 Å². The standard InChI is InChI=1S/C18H24FN3O2/c1-18(2)14-10-22(11-15(14)18)17(24)21-8-4-7-20-16(23)12-5-3-6-13(19)9-12/h3,5-6,9,14-15H,4,7-8,10-11H2,1-2H3,(H,20,23)(H,21,24)/t14-,15-/m0/s1. The SMILES string of the molecule is CC1(C)[C@H]2CN(C(=O)NCCCNC(=O)c3cccc(F)c3)C[C@@H]21. The normalized spacial score (nSPS) is 23.5. The van der Waals surface area contributed by atoms with E-state index >= 15 is 0 Å². The number of fused-ring (bicyclic) bond motifs is 1. The van der Waals surface area contributed by atoms with Crippen molar-refractivity contribution in [3.63, 3.8) is 0 Å². The summed E-state index contributed by atoms with van der Waals surface area (Å²) in [7, 11) is 0. The minimum Gasteiger partial charge on any atom is -0.352 e. The number of amides is 3. The Morgan fingerprint density at radius 3 is 2.54 bits per heavy atom. The van der Waals surface area contributed by atoms with Crippen molar-refractivity contribution < 1.29 is 14.0 Å². The zero-order valence-corrected chi connectivity index (χ0v) is 14.1. The number of rotatable bonds is 5. The van der Waals surface area contributed by atoms with Gasteiger partial charge in [0.15, 0.2) is 0 Å². The number of benzene rings is 1. The van der Waals surface area contributed by atoms with E-state index < -0.39 is 5.82 Å². The lowest BCUT2D eigenvalue weighted by atomic mass is 10.1. The Morgan fingerprint density at radius 1 is 1.21 bits per heavy atom. The highest BCUT2D eigenvalue weighted by Crippen LogP contribution is 2.61. The van der Waals surface area contributed by atoms with Gasteiger partial charge >= 0.3 is 6.03 Å². The van der Waals surface area contributed by atoms with E-state index in [1.807, 2.05) is 4.90 Å². The number of hydrogen-bond donors (Lipinski definition) is 2. The average Bonchev–Trinajstić information content (AvgIpc) is 2.92. The minimum atomic E-state index is -0.429. The first-order chi connectivity index (χ1) is 11.4. The van der Waals surface area contributed by atoms with E-state index in [-0.39, 0.29) is 11.9 Å². The molecule has 2 N–H and O–H groups in total. The summed E-state index contributed by atoms with van der Waals surface area (Å²) in [6.45, 7) is 7.17. The van der Waals surface area contributed by atoms with Crippen LogP contribution in [0.4, 0.5) is 9.18 Å². The van der Waals surface area contributed by atoms with Crippen molar-refractivity contribution >= 4 is 11.9 Å². The van der Waals surface area contributed by atoms with Crippen molar-refractivity contribution in [1.82, 2.24) is 15.5 Å². The van der Waals surface area contributed by atoms with Gasteiger partial charge in [0.05, 0.1) is 0 Å². The summed E-state index contributed by atoms with van der Waals surface area (Å²) in [5.74, 6) is 0.562. The molecule has 1 aliphatic heterocycles. The van der Waals surface area contributed by atoms with Gasteiger partial charge in [-0.05, 0) is 41.9 Å². The highest BCUT2D eigenvalue weighted by Gasteiger charge is 2.62. The number of nitrogens with one attached hydrogen (secondary N) is 2. The van der Waals surface area contributed by atoms with Gasteiger partial charge in [-0.2, -0.15) is 0 Å². The van der Waals surface area contributed by atoms with Gasteiger partial charge in [0.2, 0.25) is 0 Å². The Morgan fingerprint density at radius 2 is 1.88 bits per heavy atom. The fraction of sp³-hybridized carbons (Fsp3) is 0.556. The van der Waals surface area contributed by atoms with Gasteiger partial charge in [-0.3, -0.25) is 4.79 Å². The molecule has 1 aromatic rings. The molecular weight excluding hydrogens is 309 g/mol. The second kappa shape index (κ2) is 6.42. The van der Waals surface area contributed by atoms with Crippen molar-refractivity contribution in [3.8, 4) is 0 Å². The smallest absolute Gasteiger partial charge is 0.317 e. The van der Waals surface area contributed by atoms with Gasteiger partial charge < -0.3 is 15.5 Å². The lowest BCUT2D eigenvalue weighted by Gasteiger charge is -2.22. The van der Waals surface area contributed by atoms with E-state index in [0.717, 1.165) is 13.1 Å². The number of carbonyl (C=O) groups excluding carboxylic acids is 2. The Labute approximate surface area is 141 Å². The molecule has 1 saturated carbocycles. The maximum atomic E-state index is 13.1. The monoisotopic (exact) mass is 333 g/mol. The topological polar surface area (TPSA) is 61.4 Å². The molecule has 2 aliphatic rings. The third-order valence-corrected chi connectivity index (χ3v) is 5.41. The third kappa shape index (κ3) is 3.37. The van der Waals surface area contributed by atoms with E-state index in [4.69, 9.17) is 0 Å². The molecule has 3 rings (SSSR count). The van der Waals surface area contributed by atoms with Gasteiger partial charge in [0.1, 0.15) is 5.82 Å². The summed E-state index contributed by atoms with van der Waals surface area (Å²) in [6, 6.07) is 5.56. The molecule has 0 bridgehead atoms. The van der Waals surface area contributed by atoms with E-state index in [1.165, 1.54) is 18.2 Å². The zero-order valence-electron chi connectivity index (χ0n) is 14.1. The van der Waals surface area contributed by atoms with Crippen LogP contribution in [0.15, 0.2) is 24.3 Å². The van der Waals surface area contributed by atoms with Crippen LogP contribution < -0.4 is 10.6 Å². The molecule has 2 fully saturated rings. The molecule has 6 heteroatoms. The maximum absolute atomic E-state index is 13.1. The lowest BCUT2D eigenvalue weighted by Crippen LogP contribution is -2.41. The molecule has 0 spiro atoms. The van der Waals surface area contributed by atoms with Gasteiger partial charge in [0, 0.05) is 31.7 Å². The fourth-order valence-corrected chi connectivity index (χ4v) is 3.63. The second-order valence-corrected chi connectivity index (χ2v) is 7.29. The van der Waals surface area contributed by atoms with Gasteiger partial charge in [-0.15, -0.1) is 0 Å². The van der Waals surface area contributed by atoms with Crippen molar-refractivity contribution in [1.29, 1.82) is 0 Å². The Balaban J connectivity index is 1.30. The molecule has 0 aromatic heterocycles. The van der Waals surface area contributed by atoms with Crippen molar-refractivity contribution in [2.24, 2.45) is 17.3 Å². The van der Waals surface area contributed by atoms with Gasteiger partial charge in [-0.1, -0.05) is 19.9 Å². The Hall–Kier alpha value is -2.11. The molecule has 130 valence electrons. The summed E-state index contributed by atoms with van der Waals surface area (Å²) in [5, 5.41) is 5.62. The molecule has 2 atom stereocenters. The van der Waals surface area contributed by atoms with Crippen molar-refractivity contribution in [2.45, 2.75) is 20.3 Å². The maximum Gasteiger partial charge on any atom is 0.317 e. The van der Waals surface area contributed by atoms with Crippen LogP contribution in [0.2, 0.25) is 0 Å². The number of piperidine rings is 1. The summed E-state index contributed by atoms with van der Waals surface area (Å²) >= 11 is 0. The molecule has 1 aromatic carbocycles. The number of hydrogen-bond acceptors (Lipinski definition) is 2. The van der Waals surface area contributed by atoms with Crippen LogP contribution in [0.25, 0.3) is 0 Å². The number of urea groups is 1. The van der Waals surface area contributed by atoms with Crippen molar-refractivity contribution in [2.75, 3.05) is 26.2 Å². The first kappa shape index (κ1) is 16.7. The average molecular weight is 333 g/mol. The molecule has 5 nitrogen and oxygen atoms in total. The summed E-state index contributed by atoms with van der Waals surface area (Å²) < 4.78 is 13.1. The highest BCUT2D eigenvalue weighted by atomic mass is 19.1. The van der Waals surface area contributed by atoms with E-state index in [9.17, 15) is 14.0 Å². The van der Waals surface area contributed by atoms with Crippen LogP contribution in [0.5, 0.6) is 0 Å². The molecular formula is C18H24FN3O2. The van der Waals surface area contributed by atoms with Gasteiger partial charge in [0.25, 0.3) is 5.91 Å². The minimum absolute atomic E-state index is 0.0190. The quantitative estimate of drug-likeness (QED) is 0.812. The van der Waals surface area contributed by atoms with Crippen LogP contribution in [0.3, 0.4) is 0 Å². The first-order valence-electron chi connectivity index (χ1n) is 8.46. The third-order valence-electron chi connectivity index (χ3n) is 5.41. The molecule has 0 unspecified atom stereocenters. The van der Waals surface area contributed by atoms with Crippen LogP contribution in [-0.4, -0.2) is 43.0 Å². The Kier molecular flexibility index (Phi) is 4.47. The molecule has 0 radical (unpaired) electrons. The molecule has 1 aliphatic carbocycles. The zero-order chi connectivity index (χ0) is 17.3. The molecule has 24 heavy (non-hydrogen) atoms. The summed E-state index contributed by atoms with van der Waals surface area (Å²) in [6.07, 6.45) is 0.638. The lowest BCUT2D eigenvalue weighted by molar-refractivity contribution is 0.0953. The fourth-order valence-electron chi connectivity index (χ4n) is 3.63. The largest absolute Gasteiger partial charge is 0.352 e. The van der Waals surface area contributed by atoms with Gasteiger partial charge in [-0.25, -0.2) is 9.18 Å². The number of likely N-dealkylation sites (tertiary alicyclic amines) is 1. The highest BCUT2D eigenvalue weighted by molar-refractivity contribution is 5.94. The van der Waals surface area contributed by atoms with Crippen LogP contribution in [0, 0.1) is 23.1 Å². The number of carbonyl (C=O) groups is 2. The summed E-state index contributed by atoms with van der Waals surface area (Å²) in [4.78, 5) is 25.8. The van der Waals surface area contributed by atoms with E-state index in [2.05, 4.69) is 24.5 Å². The predicted octanol–water partition coefficient (Wildman–Crippen LogP) is 2.24. The molecule has 3 amide bonds. The van der Waals surface area contributed by atoms with Crippen LogP contribution >= 0.6 is 0 Å². The number of halogens is 1. The first-order valence-corrected chi connectivity index (χ1v) is 8.46. The molecule has 1 saturated heterocycles. The second-order valence-electron chi connectivity index (χ2n) is 7.29.